The first-order valence-electron chi connectivity index (χ1n) is 13.4. The van der Waals surface area contributed by atoms with Gasteiger partial charge in [0.2, 0.25) is 11.8 Å². The normalized spacial score (nSPS) is 14.2. The quantitative estimate of drug-likeness (QED) is 0.315. The zero-order valence-corrected chi connectivity index (χ0v) is 23.2. The molecule has 6 heteroatoms. The summed E-state index contributed by atoms with van der Waals surface area (Å²) in [5.74, 6) is 1.76. The van der Waals surface area contributed by atoms with E-state index in [9.17, 15) is 9.59 Å². The topological polar surface area (TPSA) is 58.6 Å². The van der Waals surface area contributed by atoms with E-state index in [1.54, 1.807) is 23.8 Å². The summed E-state index contributed by atoms with van der Waals surface area (Å²) in [6.07, 6.45) is 4.78. The molecule has 1 aliphatic carbocycles. The van der Waals surface area contributed by atoms with Gasteiger partial charge in [-0.1, -0.05) is 85.1 Å². The van der Waals surface area contributed by atoms with Gasteiger partial charge < -0.3 is 15.0 Å². The van der Waals surface area contributed by atoms with E-state index in [0.717, 1.165) is 53.7 Å². The number of hydrogen-bond acceptors (Lipinski definition) is 4. The number of methoxy groups -OCH3 is 1. The van der Waals surface area contributed by atoms with Gasteiger partial charge in [-0.15, -0.1) is 11.8 Å². The van der Waals surface area contributed by atoms with Gasteiger partial charge in [-0.3, -0.25) is 9.59 Å². The van der Waals surface area contributed by atoms with Gasteiger partial charge in [-0.05, 0) is 48.6 Å². The molecular weight excluding hydrogens is 492 g/mol. The number of thioether (sulfide) groups is 1. The van der Waals surface area contributed by atoms with Crippen LogP contribution in [0.5, 0.6) is 5.75 Å². The van der Waals surface area contributed by atoms with Crippen LogP contribution in [-0.2, 0) is 28.3 Å². The fourth-order valence-corrected chi connectivity index (χ4v) is 5.86. The van der Waals surface area contributed by atoms with Crippen LogP contribution in [0.3, 0.4) is 0 Å². The summed E-state index contributed by atoms with van der Waals surface area (Å²) in [4.78, 5) is 29.3. The predicted octanol–water partition coefficient (Wildman–Crippen LogP) is 5.94. The maximum Gasteiger partial charge on any atom is 0.243 e. The minimum atomic E-state index is -0.576. The summed E-state index contributed by atoms with van der Waals surface area (Å²) in [6.45, 7) is 2.45. The first kappa shape index (κ1) is 27.8. The maximum atomic E-state index is 13.8. The number of benzene rings is 3. The van der Waals surface area contributed by atoms with E-state index in [2.05, 4.69) is 24.4 Å². The second-order valence-corrected chi connectivity index (χ2v) is 11.0. The molecule has 1 unspecified atom stereocenters. The van der Waals surface area contributed by atoms with Gasteiger partial charge in [0.05, 0.1) is 12.9 Å². The van der Waals surface area contributed by atoms with E-state index in [1.807, 2.05) is 66.7 Å². The largest absolute Gasteiger partial charge is 0.497 e. The lowest BCUT2D eigenvalue weighted by Crippen LogP contribution is -2.52. The van der Waals surface area contributed by atoms with E-state index < -0.39 is 6.04 Å². The molecule has 200 valence electrons. The zero-order valence-electron chi connectivity index (χ0n) is 22.4. The summed E-state index contributed by atoms with van der Waals surface area (Å²) < 4.78 is 5.25. The molecule has 5 nitrogen and oxygen atoms in total. The minimum absolute atomic E-state index is 0.0208. The number of amides is 2. The fraction of sp³-hybridized carbons (Fsp3) is 0.375. The highest BCUT2D eigenvalue weighted by Gasteiger charge is 2.32. The molecule has 0 spiro atoms. The van der Waals surface area contributed by atoms with Crippen molar-refractivity contribution in [1.82, 2.24) is 10.2 Å². The maximum absolute atomic E-state index is 13.8. The Morgan fingerprint density at radius 3 is 2.34 bits per heavy atom. The van der Waals surface area contributed by atoms with Gasteiger partial charge in [0.1, 0.15) is 11.8 Å². The summed E-state index contributed by atoms with van der Waals surface area (Å²) >= 11 is 1.57. The number of hydrogen-bond donors (Lipinski definition) is 1. The highest BCUT2D eigenvalue weighted by Crippen LogP contribution is 2.22. The van der Waals surface area contributed by atoms with Crippen LogP contribution >= 0.6 is 11.8 Å². The Kier molecular flexibility index (Phi) is 10.3. The average molecular weight is 531 g/mol. The van der Waals surface area contributed by atoms with Gasteiger partial charge in [0.25, 0.3) is 0 Å². The molecule has 0 heterocycles. The van der Waals surface area contributed by atoms with E-state index in [4.69, 9.17) is 4.74 Å². The van der Waals surface area contributed by atoms with Crippen LogP contribution in [0.25, 0.3) is 0 Å². The van der Waals surface area contributed by atoms with Crippen molar-refractivity contribution in [2.45, 2.75) is 63.4 Å². The molecular formula is C32H38N2O3S. The Morgan fingerprint density at radius 1 is 0.947 bits per heavy atom. The Hall–Kier alpha value is -3.25. The molecule has 1 aliphatic rings. The Balaban J connectivity index is 1.54. The zero-order chi connectivity index (χ0) is 26.7. The lowest BCUT2D eigenvalue weighted by Gasteiger charge is -2.32. The molecule has 0 saturated heterocycles. The first-order chi connectivity index (χ1) is 18.5. The standard InChI is InChI=1S/C32H38N2O3S/c1-24-9-8-12-27(19-24)21-34(31(35)23-38-22-26-15-17-29(37-2)18-16-26)30(20-25-10-4-3-5-11-25)32(36)33-28-13-6-7-14-28/h3-5,8-12,15-19,28,30H,6-7,13-14,20-23H2,1-2H3,(H,33,36). The van der Waals surface area contributed by atoms with Crippen molar-refractivity contribution >= 4 is 23.6 Å². The molecule has 38 heavy (non-hydrogen) atoms. The van der Waals surface area contributed by atoms with Crippen LogP contribution in [0, 0.1) is 6.92 Å². The summed E-state index contributed by atoms with van der Waals surface area (Å²) in [5.41, 5.74) is 4.35. The first-order valence-corrected chi connectivity index (χ1v) is 14.6. The average Bonchev–Trinajstić information content (AvgIpc) is 3.44. The number of rotatable bonds is 12. The van der Waals surface area contributed by atoms with Crippen LogP contribution < -0.4 is 10.1 Å². The second-order valence-electron chi connectivity index (χ2n) is 10.0. The Bertz CT molecular complexity index is 1180. The second kappa shape index (κ2) is 14.1. The smallest absolute Gasteiger partial charge is 0.243 e. The summed E-state index contributed by atoms with van der Waals surface area (Å²) in [7, 11) is 1.65. The molecule has 1 atom stereocenters. The highest BCUT2D eigenvalue weighted by atomic mass is 32.2. The molecule has 3 aromatic carbocycles. The molecule has 1 saturated carbocycles. The van der Waals surface area contributed by atoms with Gasteiger partial charge in [0, 0.05) is 24.8 Å². The van der Waals surface area contributed by atoms with Crippen molar-refractivity contribution in [3.63, 3.8) is 0 Å². The Labute approximate surface area is 231 Å². The summed E-state index contributed by atoms with van der Waals surface area (Å²) in [5, 5.41) is 3.27. The lowest BCUT2D eigenvalue weighted by molar-refractivity contribution is -0.139. The van der Waals surface area contributed by atoms with Crippen LogP contribution in [0.1, 0.15) is 47.9 Å². The molecule has 0 radical (unpaired) electrons. The van der Waals surface area contributed by atoms with Crippen molar-refractivity contribution in [2.75, 3.05) is 12.9 Å². The van der Waals surface area contributed by atoms with E-state index in [0.29, 0.717) is 24.5 Å². The van der Waals surface area contributed by atoms with E-state index in [1.165, 1.54) is 0 Å². The molecule has 3 aromatic rings. The number of ether oxygens (including phenoxy) is 1. The SMILES string of the molecule is COc1ccc(CSCC(=O)N(Cc2cccc(C)c2)C(Cc2ccccc2)C(=O)NC2CCCC2)cc1. The molecule has 0 bridgehead atoms. The van der Waals surface area contributed by atoms with Crippen molar-refractivity contribution in [3.05, 3.63) is 101 Å². The van der Waals surface area contributed by atoms with Crippen LogP contribution in [-0.4, -0.2) is 41.7 Å². The van der Waals surface area contributed by atoms with Crippen molar-refractivity contribution in [3.8, 4) is 5.75 Å². The monoisotopic (exact) mass is 530 g/mol. The number of nitrogens with one attached hydrogen (secondary N) is 1. The van der Waals surface area contributed by atoms with E-state index in [-0.39, 0.29) is 17.9 Å². The van der Waals surface area contributed by atoms with Crippen LogP contribution in [0.15, 0.2) is 78.9 Å². The number of carbonyl (C=O) groups excluding carboxylic acids is 2. The molecule has 1 fully saturated rings. The fourth-order valence-electron chi connectivity index (χ4n) is 4.99. The lowest BCUT2D eigenvalue weighted by atomic mass is 10.0. The highest BCUT2D eigenvalue weighted by molar-refractivity contribution is 7.99. The third kappa shape index (κ3) is 8.12. The van der Waals surface area contributed by atoms with Crippen molar-refractivity contribution < 1.29 is 14.3 Å². The third-order valence-electron chi connectivity index (χ3n) is 7.06. The Morgan fingerprint density at radius 2 is 1.66 bits per heavy atom. The van der Waals surface area contributed by atoms with Gasteiger partial charge >= 0.3 is 0 Å². The number of nitrogens with zero attached hydrogens (tertiary/aromatic N) is 1. The van der Waals surface area contributed by atoms with Crippen LogP contribution in [0.4, 0.5) is 0 Å². The molecule has 4 rings (SSSR count). The predicted molar refractivity (Wildman–Crippen MR) is 155 cm³/mol. The number of aryl methyl sites for hydroxylation is 1. The van der Waals surface area contributed by atoms with Crippen molar-refractivity contribution in [2.24, 2.45) is 0 Å². The van der Waals surface area contributed by atoms with Crippen LogP contribution in [0.2, 0.25) is 0 Å². The van der Waals surface area contributed by atoms with Gasteiger partial charge in [-0.25, -0.2) is 0 Å². The third-order valence-corrected chi connectivity index (χ3v) is 8.05. The number of carbonyl (C=O) groups is 2. The minimum Gasteiger partial charge on any atom is -0.497 e. The molecule has 0 aromatic heterocycles. The molecule has 2 amide bonds. The van der Waals surface area contributed by atoms with Crippen molar-refractivity contribution in [1.29, 1.82) is 0 Å². The summed E-state index contributed by atoms with van der Waals surface area (Å²) in [6, 6.07) is 25.7. The van der Waals surface area contributed by atoms with Gasteiger partial charge in [-0.2, -0.15) is 0 Å². The van der Waals surface area contributed by atoms with E-state index >= 15 is 0 Å². The molecule has 0 aliphatic heterocycles. The van der Waals surface area contributed by atoms with Gasteiger partial charge in [0.15, 0.2) is 0 Å². The molecule has 1 N–H and O–H groups in total.